The zero-order chi connectivity index (χ0) is 16.8. The highest BCUT2D eigenvalue weighted by Gasteiger charge is 2.34. The molecule has 1 N–H and O–H groups in total. The minimum Gasteiger partial charge on any atom is -0.445 e. The molecule has 0 fully saturated rings. The van der Waals surface area contributed by atoms with Crippen molar-refractivity contribution in [1.82, 2.24) is 5.01 Å². The molecule has 0 saturated carbocycles. The number of carbonyl (C=O) groups excluding carboxylic acids is 2. The van der Waals surface area contributed by atoms with Gasteiger partial charge >= 0.3 is 6.18 Å². The fourth-order valence-corrected chi connectivity index (χ4v) is 1.42. The van der Waals surface area contributed by atoms with Crippen molar-refractivity contribution in [2.75, 3.05) is 19.1 Å². The predicted octanol–water partition coefficient (Wildman–Crippen LogP) is 2.72. The molecule has 0 aliphatic heterocycles. The van der Waals surface area contributed by atoms with Crippen LogP contribution in [0.15, 0.2) is 28.5 Å². The Kier molecular flexibility index (Phi) is 5.84. The van der Waals surface area contributed by atoms with E-state index in [2.05, 4.69) is 20.4 Å². The lowest BCUT2D eigenvalue weighted by Crippen LogP contribution is -2.14. The molecular weight excluding hydrogens is 305 g/mol. The molecule has 0 heterocycles. The summed E-state index contributed by atoms with van der Waals surface area (Å²) in [6.45, 7) is 1.11. The number of carbonyl (C=O) groups is 2. The number of benzene rings is 1. The summed E-state index contributed by atoms with van der Waals surface area (Å²) in [6.07, 6.45) is -4.67. The average Bonchev–Trinajstić information content (AvgIpc) is 2.42. The van der Waals surface area contributed by atoms with Gasteiger partial charge in [0.2, 0.25) is 5.91 Å². The summed E-state index contributed by atoms with van der Waals surface area (Å²) in [5.41, 5.74) is -1.48. The third-order valence-electron chi connectivity index (χ3n) is 2.26. The van der Waals surface area contributed by atoms with Crippen LogP contribution in [-0.2, 0) is 20.5 Å². The van der Waals surface area contributed by atoms with Gasteiger partial charge in [-0.05, 0) is 18.2 Å². The van der Waals surface area contributed by atoms with Crippen molar-refractivity contribution in [2.24, 2.45) is 10.3 Å². The van der Waals surface area contributed by atoms with Crippen LogP contribution in [0.1, 0.15) is 12.5 Å². The largest absolute Gasteiger partial charge is 0.445 e. The van der Waals surface area contributed by atoms with Crippen LogP contribution in [0.5, 0.6) is 0 Å². The van der Waals surface area contributed by atoms with Crippen LogP contribution in [0.4, 0.5) is 24.5 Å². The molecule has 0 radical (unpaired) electrons. The third kappa shape index (κ3) is 5.38. The van der Waals surface area contributed by atoms with Gasteiger partial charge in [0.1, 0.15) is 0 Å². The van der Waals surface area contributed by atoms with Crippen molar-refractivity contribution in [3.05, 3.63) is 23.8 Å². The normalized spacial score (nSPS) is 11.3. The topological polar surface area (TPSA) is 83.4 Å². The van der Waals surface area contributed by atoms with Gasteiger partial charge in [0, 0.05) is 19.7 Å². The second-order valence-electron chi connectivity index (χ2n) is 4.15. The summed E-state index contributed by atoms with van der Waals surface area (Å²) in [6, 6.07) is 3.11. The van der Waals surface area contributed by atoms with Crippen LogP contribution in [-0.4, -0.2) is 31.2 Å². The van der Waals surface area contributed by atoms with Crippen molar-refractivity contribution in [3.8, 4) is 0 Å². The van der Waals surface area contributed by atoms with Crippen LogP contribution in [0, 0.1) is 0 Å². The van der Waals surface area contributed by atoms with Gasteiger partial charge in [-0.25, -0.2) is 5.01 Å². The predicted molar refractivity (Wildman–Crippen MR) is 70.0 cm³/mol. The molecule has 0 bridgehead atoms. The van der Waals surface area contributed by atoms with Crippen LogP contribution in [0.25, 0.3) is 0 Å². The van der Waals surface area contributed by atoms with Crippen LogP contribution >= 0.6 is 0 Å². The zero-order valence-corrected chi connectivity index (χ0v) is 11.7. The number of ether oxygens (including phenoxy) is 1. The van der Waals surface area contributed by atoms with Gasteiger partial charge in [0.05, 0.1) is 11.3 Å². The highest BCUT2D eigenvalue weighted by atomic mass is 19.4. The molecule has 0 unspecified atom stereocenters. The van der Waals surface area contributed by atoms with Gasteiger partial charge in [-0.15, -0.1) is 5.11 Å². The first-order chi connectivity index (χ1) is 10.2. The Bertz CT molecular complexity index is 575. The van der Waals surface area contributed by atoms with E-state index in [4.69, 9.17) is 0 Å². The van der Waals surface area contributed by atoms with Crippen LogP contribution < -0.4 is 5.32 Å². The van der Waals surface area contributed by atoms with Crippen molar-refractivity contribution in [1.29, 1.82) is 0 Å². The summed E-state index contributed by atoms with van der Waals surface area (Å²) in [7, 11) is 1.37. The zero-order valence-electron chi connectivity index (χ0n) is 11.7. The number of rotatable bonds is 6. The Balaban J connectivity index is 3.05. The molecule has 22 heavy (non-hydrogen) atoms. The first kappa shape index (κ1) is 17.4. The van der Waals surface area contributed by atoms with Crippen molar-refractivity contribution < 1.29 is 27.5 Å². The maximum atomic E-state index is 13.0. The first-order valence-electron chi connectivity index (χ1n) is 5.91. The molecule has 0 saturated heterocycles. The van der Waals surface area contributed by atoms with Gasteiger partial charge in [-0.1, -0.05) is 5.22 Å². The van der Waals surface area contributed by atoms with Crippen molar-refractivity contribution in [3.63, 3.8) is 0 Å². The molecule has 1 rings (SSSR count). The van der Waals surface area contributed by atoms with E-state index in [-0.39, 0.29) is 18.9 Å². The molecule has 0 spiro atoms. The number of anilines is 1. The summed E-state index contributed by atoms with van der Waals surface area (Å²) < 4.78 is 43.3. The number of hydrogen-bond acceptors (Lipinski definition) is 5. The first-order valence-corrected chi connectivity index (χ1v) is 5.91. The SMILES string of the molecule is CC(=O)Nc1ccc(N=NN(C)COC=O)c(C(F)(F)F)c1. The van der Waals surface area contributed by atoms with E-state index in [1.807, 2.05) is 0 Å². The van der Waals surface area contributed by atoms with E-state index in [0.29, 0.717) is 0 Å². The van der Waals surface area contributed by atoms with E-state index >= 15 is 0 Å². The fourth-order valence-electron chi connectivity index (χ4n) is 1.42. The van der Waals surface area contributed by atoms with E-state index in [1.54, 1.807) is 0 Å². The Morgan fingerprint density at radius 1 is 1.45 bits per heavy atom. The molecule has 1 aromatic rings. The van der Waals surface area contributed by atoms with Gasteiger partial charge < -0.3 is 10.1 Å². The van der Waals surface area contributed by atoms with Crippen LogP contribution in [0.2, 0.25) is 0 Å². The van der Waals surface area contributed by atoms with Crippen molar-refractivity contribution >= 4 is 23.8 Å². The van der Waals surface area contributed by atoms with Gasteiger partial charge in [-0.2, -0.15) is 13.2 Å². The standard InChI is InChI=1S/C12H13F3N4O3/c1-8(21)16-9-3-4-11(10(5-9)12(13,14)15)17-18-19(2)6-22-7-20/h3-5,7H,6H2,1-2H3,(H,16,21). The van der Waals surface area contributed by atoms with Crippen molar-refractivity contribution in [2.45, 2.75) is 13.1 Å². The molecule has 10 heteroatoms. The molecule has 0 aliphatic rings. The number of nitrogens with zero attached hydrogens (tertiary/aromatic N) is 3. The molecule has 120 valence electrons. The molecule has 1 aromatic carbocycles. The third-order valence-corrected chi connectivity index (χ3v) is 2.26. The lowest BCUT2D eigenvalue weighted by Gasteiger charge is -2.13. The minimum atomic E-state index is -4.67. The second kappa shape index (κ2) is 7.38. The molecule has 0 atom stereocenters. The molecule has 0 aromatic heterocycles. The molecule has 1 amide bonds. The summed E-state index contributed by atoms with van der Waals surface area (Å²) in [5, 5.41) is 10.2. The summed E-state index contributed by atoms with van der Waals surface area (Å²) in [4.78, 5) is 20.9. The Morgan fingerprint density at radius 2 is 2.14 bits per heavy atom. The van der Waals surface area contributed by atoms with E-state index in [1.165, 1.54) is 20.0 Å². The highest BCUT2D eigenvalue weighted by Crippen LogP contribution is 2.38. The maximum absolute atomic E-state index is 13.0. The van der Waals surface area contributed by atoms with E-state index in [0.717, 1.165) is 17.1 Å². The maximum Gasteiger partial charge on any atom is 0.418 e. The number of halogens is 3. The fraction of sp³-hybridized carbons (Fsp3) is 0.333. The summed E-state index contributed by atoms with van der Waals surface area (Å²) >= 11 is 0. The molecular formula is C12H13F3N4O3. The second-order valence-corrected chi connectivity index (χ2v) is 4.15. The molecule has 0 aliphatic carbocycles. The Hall–Kier alpha value is -2.65. The van der Waals surface area contributed by atoms with E-state index in [9.17, 15) is 22.8 Å². The highest BCUT2D eigenvalue weighted by molar-refractivity contribution is 5.89. The number of alkyl halides is 3. The van der Waals surface area contributed by atoms with Gasteiger partial charge in [-0.3, -0.25) is 9.59 Å². The quantitative estimate of drug-likeness (QED) is 0.378. The number of nitrogens with one attached hydrogen (secondary N) is 1. The number of hydrogen-bond donors (Lipinski definition) is 1. The van der Waals surface area contributed by atoms with E-state index < -0.39 is 23.3 Å². The molecule has 7 nitrogen and oxygen atoms in total. The Morgan fingerprint density at radius 3 is 2.68 bits per heavy atom. The van der Waals surface area contributed by atoms with Crippen LogP contribution in [0.3, 0.4) is 0 Å². The Labute approximate surface area is 123 Å². The smallest absolute Gasteiger partial charge is 0.418 e. The van der Waals surface area contributed by atoms with Gasteiger partial charge in [0.15, 0.2) is 6.73 Å². The monoisotopic (exact) mass is 318 g/mol. The summed E-state index contributed by atoms with van der Waals surface area (Å²) in [5.74, 6) is -0.492. The van der Waals surface area contributed by atoms with Gasteiger partial charge in [0.25, 0.3) is 6.47 Å². The average molecular weight is 318 g/mol. The number of amides is 1. The lowest BCUT2D eigenvalue weighted by molar-refractivity contribution is -0.137. The minimum absolute atomic E-state index is 0.00332. The lowest BCUT2D eigenvalue weighted by atomic mass is 10.1.